The van der Waals surface area contributed by atoms with Gasteiger partial charge in [0, 0.05) is 19.1 Å². The van der Waals surface area contributed by atoms with Crippen molar-refractivity contribution < 1.29 is 4.79 Å². The smallest absolute Gasteiger partial charge is 0.243 e. The highest BCUT2D eigenvalue weighted by Crippen LogP contribution is 2.38. The Morgan fingerprint density at radius 1 is 0.897 bits per heavy atom. The summed E-state index contributed by atoms with van der Waals surface area (Å²) in [6.07, 6.45) is 22.6. The zero-order valence-corrected chi connectivity index (χ0v) is 18.9. The van der Waals surface area contributed by atoms with E-state index in [9.17, 15) is 4.79 Å². The molecule has 4 heteroatoms. The molecule has 1 aliphatic heterocycles. The third-order valence-corrected chi connectivity index (χ3v) is 8.61. The standard InChI is InChI=1S/C25H45N3O/c1-28-19-26-25(24(28)29,16-15-20-9-4-2-5-10-20)18-21-11-8-14-23(17-21)27-22-12-6-3-7-13-22/h20-23,26-27H,2-19H2,1H3/t21-,23+,25+/m0/s1. The van der Waals surface area contributed by atoms with E-state index < -0.39 is 0 Å². The molecule has 29 heavy (non-hydrogen) atoms. The fourth-order valence-electron chi connectivity index (χ4n) is 6.89. The van der Waals surface area contributed by atoms with Gasteiger partial charge in [0.05, 0.1) is 12.2 Å². The van der Waals surface area contributed by atoms with Gasteiger partial charge in [-0.3, -0.25) is 10.1 Å². The minimum Gasteiger partial charge on any atom is -0.331 e. The summed E-state index contributed by atoms with van der Waals surface area (Å²) in [4.78, 5) is 15.2. The molecule has 1 saturated heterocycles. The third kappa shape index (κ3) is 5.55. The SMILES string of the molecule is CN1CN[C@](CCC2CCCCC2)(C[C@H]2CCC[C@@H](NC3CCCCC3)C2)C1=O. The van der Waals surface area contributed by atoms with E-state index in [1.54, 1.807) is 0 Å². The van der Waals surface area contributed by atoms with Crippen LogP contribution in [0.1, 0.15) is 109 Å². The molecule has 2 N–H and O–H groups in total. The minimum absolute atomic E-state index is 0.274. The molecule has 1 amide bonds. The molecule has 0 aromatic rings. The van der Waals surface area contributed by atoms with Crippen molar-refractivity contribution in [2.75, 3.05) is 13.7 Å². The molecule has 3 saturated carbocycles. The monoisotopic (exact) mass is 403 g/mol. The number of hydrogen-bond acceptors (Lipinski definition) is 3. The topological polar surface area (TPSA) is 44.4 Å². The van der Waals surface area contributed by atoms with Gasteiger partial charge in [0.2, 0.25) is 5.91 Å². The van der Waals surface area contributed by atoms with Crippen molar-refractivity contribution in [1.82, 2.24) is 15.5 Å². The molecule has 0 aromatic heterocycles. The van der Waals surface area contributed by atoms with Crippen LogP contribution in [0, 0.1) is 11.8 Å². The van der Waals surface area contributed by atoms with Crippen molar-refractivity contribution in [2.45, 2.75) is 127 Å². The quantitative estimate of drug-likeness (QED) is 0.630. The summed E-state index contributed by atoms with van der Waals surface area (Å²) in [7, 11) is 1.98. The summed E-state index contributed by atoms with van der Waals surface area (Å²) in [5.74, 6) is 1.92. The van der Waals surface area contributed by atoms with Gasteiger partial charge in [-0.25, -0.2) is 0 Å². The number of nitrogens with zero attached hydrogens (tertiary/aromatic N) is 1. The van der Waals surface area contributed by atoms with Crippen LogP contribution in [0.2, 0.25) is 0 Å². The van der Waals surface area contributed by atoms with E-state index >= 15 is 0 Å². The average Bonchev–Trinajstić information content (AvgIpc) is 3.03. The Hall–Kier alpha value is -0.610. The molecule has 1 heterocycles. The van der Waals surface area contributed by atoms with Gasteiger partial charge in [0.1, 0.15) is 0 Å². The van der Waals surface area contributed by atoms with Crippen LogP contribution in [0.5, 0.6) is 0 Å². The second kappa shape index (κ2) is 10.1. The van der Waals surface area contributed by atoms with Gasteiger partial charge in [-0.05, 0) is 56.8 Å². The first-order chi connectivity index (χ1) is 14.1. The van der Waals surface area contributed by atoms with E-state index in [0.29, 0.717) is 17.9 Å². The zero-order valence-electron chi connectivity index (χ0n) is 18.9. The van der Waals surface area contributed by atoms with Gasteiger partial charge in [-0.15, -0.1) is 0 Å². The number of carbonyl (C=O) groups excluding carboxylic acids is 1. The van der Waals surface area contributed by atoms with Crippen LogP contribution >= 0.6 is 0 Å². The van der Waals surface area contributed by atoms with Gasteiger partial charge in [0.25, 0.3) is 0 Å². The van der Waals surface area contributed by atoms with Crippen molar-refractivity contribution in [2.24, 2.45) is 11.8 Å². The van der Waals surface area contributed by atoms with Gasteiger partial charge < -0.3 is 10.2 Å². The number of rotatable bonds is 7. The number of amides is 1. The first kappa shape index (κ1) is 21.6. The molecule has 4 fully saturated rings. The summed E-state index contributed by atoms with van der Waals surface area (Å²) < 4.78 is 0. The van der Waals surface area contributed by atoms with E-state index in [1.807, 2.05) is 11.9 Å². The zero-order chi connectivity index (χ0) is 20.1. The Morgan fingerprint density at radius 3 is 2.24 bits per heavy atom. The van der Waals surface area contributed by atoms with Crippen molar-refractivity contribution in [3.63, 3.8) is 0 Å². The molecule has 0 radical (unpaired) electrons. The molecule has 0 aromatic carbocycles. The Balaban J connectivity index is 1.34. The van der Waals surface area contributed by atoms with Crippen molar-refractivity contribution in [3.05, 3.63) is 0 Å². The van der Waals surface area contributed by atoms with E-state index in [4.69, 9.17) is 0 Å². The van der Waals surface area contributed by atoms with Gasteiger partial charge in [-0.1, -0.05) is 64.2 Å². The lowest BCUT2D eigenvalue weighted by atomic mass is 9.74. The van der Waals surface area contributed by atoms with Crippen LogP contribution in [0.25, 0.3) is 0 Å². The maximum atomic E-state index is 13.2. The molecule has 4 rings (SSSR count). The maximum absolute atomic E-state index is 13.2. The molecular formula is C25H45N3O. The van der Waals surface area contributed by atoms with Crippen molar-refractivity contribution in [1.29, 1.82) is 0 Å². The highest BCUT2D eigenvalue weighted by atomic mass is 16.2. The van der Waals surface area contributed by atoms with E-state index in [-0.39, 0.29) is 5.54 Å². The normalized spacial score (nSPS) is 35.3. The Kier molecular flexibility index (Phi) is 7.55. The second-order valence-corrected chi connectivity index (χ2v) is 10.9. The molecule has 0 unspecified atom stereocenters. The second-order valence-electron chi connectivity index (χ2n) is 10.9. The Labute approximate surface area is 178 Å². The summed E-state index contributed by atoms with van der Waals surface area (Å²) >= 11 is 0. The van der Waals surface area contributed by atoms with E-state index in [0.717, 1.165) is 31.5 Å². The lowest BCUT2D eigenvalue weighted by Gasteiger charge is -2.38. The summed E-state index contributed by atoms with van der Waals surface area (Å²) in [5.41, 5.74) is -0.274. The van der Waals surface area contributed by atoms with Gasteiger partial charge >= 0.3 is 0 Å². The summed E-state index contributed by atoms with van der Waals surface area (Å²) in [5, 5.41) is 7.72. The molecular weight excluding hydrogens is 358 g/mol. The summed E-state index contributed by atoms with van der Waals surface area (Å²) in [6, 6.07) is 1.44. The number of carbonyl (C=O) groups is 1. The highest BCUT2D eigenvalue weighted by molar-refractivity contribution is 5.88. The van der Waals surface area contributed by atoms with Gasteiger partial charge in [-0.2, -0.15) is 0 Å². The number of hydrogen-bond donors (Lipinski definition) is 2. The first-order valence-electron chi connectivity index (χ1n) is 12.9. The Morgan fingerprint density at radius 2 is 1.55 bits per heavy atom. The largest absolute Gasteiger partial charge is 0.331 e. The lowest BCUT2D eigenvalue weighted by molar-refractivity contribution is -0.132. The first-order valence-corrected chi connectivity index (χ1v) is 12.9. The fraction of sp³-hybridized carbons (Fsp3) is 0.960. The van der Waals surface area contributed by atoms with E-state index in [1.165, 1.54) is 96.3 Å². The van der Waals surface area contributed by atoms with Crippen LogP contribution in [0.3, 0.4) is 0 Å². The molecule has 4 aliphatic rings. The minimum atomic E-state index is -0.274. The average molecular weight is 404 g/mol. The number of likely N-dealkylation sites (N-methyl/N-ethyl adjacent to an activating group) is 1. The summed E-state index contributed by atoms with van der Waals surface area (Å²) in [6.45, 7) is 0.736. The van der Waals surface area contributed by atoms with Gasteiger partial charge in [0.15, 0.2) is 0 Å². The lowest BCUT2D eigenvalue weighted by Crippen LogP contribution is -2.50. The van der Waals surface area contributed by atoms with E-state index in [2.05, 4.69) is 10.6 Å². The predicted octanol–water partition coefficient (Wildman–Crippen LogP) is 4.98. The molecule has 166 valence electrons. The van der Waals surface area contributed by atoms with Crippen molar-refractivity contribution in [3.8, 4) is 0 Å². The fourth-order valence-corrected chi connectivity index (χ4v) is 6.89. The van der Waals surface area contributed by atoms with Crippen LogP contribution in [-0.2, 0) is 4.79 Å². The van der Waals surface area contributed by atoms with Crippen LogP contribution in [0.15, 0.2) is 0 Å². The Bertz CT molecular complexity index is 526. The van der Waals surface area contributed by atoms with Crippen LogP contribution < -0.4 is 10.6 Å². The molecule has 4 nitrogen and oxygen atoms in total. The van der Waals surface area contributed by atoms with Crippen LogP contribution in [0.4, 0.5) is 0 Å². The third-order valence-electron chi connectivity index (χ3n) is 8.61. The predicted molar refractivity (Wildman–Crippen MR) is 120 cm³/mol. The maximum Gasteiger partial charge on any atom is 0.243 e. The highest BCUT2D eigenvalue weighted by Gasteiger charge is 2.46. The molecule has 3 aliphatic carbocycles. The molecule has 0 bridgehead atoms. The molecule has 0 spiro atoms. The van der Waals surface area contributed by atoms with Crippen LogP contribution in [-0.4, -0.2) is 42.1 Å². The van der Waals surface area contributed by atoms with Crippen molar-refractivity contribution >= 4 is 5.91 Å². The molecule has 3 atom stereocenters. The number of nitrogens with one attached hydrogen (secondary N) is 2.